The minimum atomic E-state index is -0.133. The first-order valence-electron chi connectivity index (χ1n) is 3.68. The number of nitrogens with zero attached hydrogens (tertiary/aromatic N) is 3. The van der Waals surface area contributed by atoms with Crippen LogP contribution in [0.3, 0.4) is 0 Å². The fourth-order valence-corrected chi connectivity index (χ4v) is 1.56. The summed E-state index contributed by atoms with van der Waals surface area (Å²) in [6, 6.07) is 5.36. The molecule has 2 aromatic rings. The maximum Gasteiger partial charge on any atom is 0.277 e. The van der Waals surface area contributed by atoms with E-state index in [2.05, 4.69) is 26.2 Å². The third-order valence-corrected chi connectivity index (χ3v) is 2.43. The molecule has 0 aliphatic carbocycles. The Labute approximate surface area is 82.3 Å². The highest BCUT2D eigenvalue weighted by Gasteiger charge is 2.04. The van der Waals surface area contributed by atoms with E-state index in [1.54, 1.807) is 19.2 Å². The van der Waals surface area contributed by atoms with Crippen molar-refractivity contribution in [2.24, 2.45) is 7.05 Å². The van der Waals surface area contributed by atoms with Crippen LogP contribution < -0.4 is 5.56 Å². The number of halogens is 1. The van der Waals surface area contributed by atoms with Gasteiger partial charge in [0.05, 0.1) is 5.39 Å². The van der Waals surface area contributed by atoms with Crippen LogP contribution in [-0.4, -0.2) is 15.0 Å². The van der Waals surface area contributed by atoms with Gasteiger partial charge >= 0.3 is 0 Å². The van der Waals surface area contributed by atoms with Crippen LogP contribution in [0, 0.1) is 0 Å². The molecule has 0 fully saturated rings. The Morgan fingerprint density at radius 1 is 1.46 bits per heavy atom. The van der Waals surface area contributed by atoms with E-state index in [1.165, 1.54) is 4.68 Å². The number of rotatable bonds is 0. The zero-order valence-electron chi connectivity index (χ0n) is 6.86. The van der Waals surface area contributed by atoms with Gasteiger partial charge in [-0.25, -0.2) is 4.68 Å². The number of hydrogen-bond donors (Lipinski definition) is 0. The van der Waals surface area contributed by atoms with Crippen LogP contribution >= 0.6 is 15.9 Å². The average Bonchev–Trinajstić information content (AvgIpc) is 2.12. The minimum absolute atomic E-state index is 0.133. The fourth-order valence-electron chi connectivity index (χ4n) is 1.12. The molecule has 0 unspecified atom stereocenters. The Morgan fingerprint density at radius 2 is 2.23 bits per heavy atom. The third-order valence-electron chi connectivity index (χ3n) is 1.79. The Bertz CT molecular complexity index is 520. The van der Waals surface area contributed by atoms with E-state index in [0.29, 0.717) is 10.9 Å². The topological polar surface area (TPSA) is 47.8 Å². The zero-order valence-corrected chi connectivity index (χ0v) is 8.45. The second-order valence-electron chi connectivity index (χ2n) is 2.65. The van der Waals surface area contributed by atoms with E-state index in [-0.39, 0.29) is 5.56 Å². The zero-order chi connectivity index (χ0) is 9.42. The van der Waals surface area contributed by atoms with Crippen LogP contribution in [0.2, 0.25) is 0 Å². The summed E-state index contributed by atoms with van der Waals surface area (Å²) in [6.07, 6.45) is 0. The molecular formula is C8H6BrN3O. The van der Waals surface area contributed by atoms with Crippen molar-refractivity contribution in [2.75, 3.05) is 0 Å². The normalized spacial score (nSPS) is 10.6. The number of hydrogen-bond acceptors (Lipinski definition) is 3. The molecule has 0 spiro atoms. The molecule has 0 aliphatic rings. The van der Waals surface area contributed by atoms with E-state index in [0.717, 1.165) is 4.47 Å². The second kappa shape index (κ2) is 2.92. The number of fused-ring (bicyclic) bond motifs is 1. The van der Waals surface area contributed by atoms with Crippen molar-refractivity contribution < 1.29 is 0 Å². The van der Waals surface area contributed by atoms with E-state index in [1.807, 2.05) is 6.07 Å². The molecule has 0 N–H and O–H groups in total. The van der Waals surface area contributed by atoms with Gasteiger partial charge in [-0.2, -0.15) is 0 Å². The largest absolute Gasteiger partial charge is 0.277 e. The van der Waals surface area contributed by atoms with Crippen molar-refractivity contribution in [3.63, 3.8) is 0 Å². The molecule has 0 radical (unpaired) electrons. The maximum atomic E-state index is 11.5. The lowest BCUT2D eigenvalue weighted by Crippen LogP contribution is -2.20. The van der Waals surface area contributed by atoms with Gasteiger partial charge in [-0.05, 0) is 28.1 Å². The van der Waals surface area contributed by atoms with Gasteiger partial charge in [0.1, 0.15) is 5.52 Å². The van der Waals surface area contributed by atoms with E-state index in [4.69, 9.17) is 0 Å². The van der Waals surface area contributed by atoms with Gasteiger partial charge in [0, 0.05) is 11.5 Å². The Kier molecular flexibility index (Phi) is 1.88. The van der Waals surface area contributed by atoms with E-state index >= 15 is 0 Å². The van der Waals surface area contributed by atoms with Crippen molar-refractivity contribution in [3.05, 3.63) is 33.0 Å². The van der Waals surface area contributed by atoms with Crippen LogP contribution in [0.1, 0.15) is 0 Å². The molecule has 1 heterocycles. The predicted molar refractivity (Wildman–Crippen MR) is 52.5 cm³/mol. The Morgan fingerprint density at radius 3 is 3.00 bits per heavy atom. The molecule has 0 saturated carbocycles. The highest BCUT2D eigenvalue weighted by Crippen LogP contribution is 2.17. The summed E-state index contributed by atoms with van der Waals surface area (Å²) in [6.45, 7) is 0. The van der Waals surface area contributed by atoms with Crippen molar-refractivity contribution in [2.45, 2.75) is 0 Å². The fraction of sp³-hybridized carbons (Fsp3) is 0.125. The quantitative estimate of drug-likeness (QED) is 0.692. The lowest BCUT2D eigenvalue weighted by atomic mass is 10.2. The van der Waals surface area contributed by atoms with Crippen LogP contribution in [0.25, 0.3) is 10.9 Å². The van der Waals surface area contributed by atoms with Gasteiger partial charge < -0.3 is 0 Å². The molecule has 0 saturated heterocycles. The van der Waals surface area contributed by atoms with Gasteiger partial charge in [-0.3, -0.25) is 4.79 Å². The molecule has 66 valence electrons. The number of aryl methyl sites for hydroxylation is 1. The van der Waals surface area contributed by atoms with Crippen LogP contribution in [0.5, 0.6) is 0 Å². The van der Waals surface area contributed by atoms with Crippen molar-refractivity contribution in [1.29, 1.82) is 0 Å². The first-order chi connectivity index (χ1) is 6.20. The smallest absolute Gasteiger partial charge is 0.267 e. The lowest BCUT2D eigenvalue weighted by molar-refractivity contribution is 0.656. The van der Waals surface area contributed by atoms with E-state index < -0.39 is 0 Å². The summed E-state index contributed by atoms with van der Waals surface area (Å²) < 4.78 is 2.00. The molecule has 0 aliphatic heterocycles. The highest BCUT2D eigenvalue weighted by atomic mass is 79.9. The van der Waals surface area contributed by atoms with Crippen molar-refractivity contribution in [3.8, 4) is 0 Å². The summed E-state index contributed by atoms with van der Waals surface area (Å²) in [5.74, 6) is 0. The predicted octanol–water partition coefficient (Wildman–Crippen LogP) is 1.09. The van der Waals surface area contributed by atoms with Crippen molar-refractivity contribution >= 4 is 26.8 Å². The molecule has 13 heavy (non-hydrogen) atoms. The first-order valence-corrected chi connectivity index (χ1v) is 4.47. The molecule has 0 bridgehead atoms. The van der Waals surface area contributed by atoms with Gasteiger partial charge in [0.25, 0.3) is 5.56 Å². The Hall–Kier alpha value is -1.23. The summed E-state index contributed by atoms with van der Waals surface area (Å²) >= 11 is 3.30. The van der Waals surface area contributed by atoms with Gasteiger partial charge in [-0.1, -0.05) is 11.3 Å². The summed E-state index contributed by atoms with van der Waals surface area (Å²) in [5.41, 5.74) is 0.469. The molecule has 0 amide bonds. The molecular weight excluding hydrogens is 234 g/mol. The number of aromatic nitrogens is 3. The van der Waals surface area contributed by atoms with E-state index in [9.17, 15) is 4.79 Å². The van der Waals surface area contributed by atoms with Gasteiger partial charge in [0.15, 0.2) is 0 Å². The highest BCUT2D eigenvalue weighted by molar-refractivity contribution is 9.10. The monoisotopic (exact) mass is 239 g/mol. The lowest BCUT2D eigenvalue weighted by Gasteiger charge is -1.99. The molecule has 5 heteroatoms. The SMILES string of the molecule is Cn1nnc2c(Br)cccc2c1=O. The van der Waals surface area contributed by atoms with Crippen LogP contribution in [-0.2, 0) is 7.05 Å². The van der Waals surface area contributed by atoms with Gasteiger partial charge in [0.2, 0.25) is 0 Å². The summed E-state index contributed by atoms with van der Waals surface area (Å²) in [5, 5.41) is 8.17. The molecule has 1 aromatic heterocycles. The van der Waals surface area contributed by atoms with Crippen LogP contribution in [0.15, 0.2) is 27.5 Å². The summed E-state index contributed by atoms with van der Waals surface area (Å²) in [4.78, 5) is 11.5. The third kappa shape index (κ3) is 1.25. The summed E-state index contributed by atoms with van der Waals surface area (Å²) in [7, 11) is 1.58. The average molecular weight is 240 g/mol. The minimum Gasteiger partial charge on any atom is -0.267 e. The number of benzene rings is 1. The Balaban J connectivity index is 3.03. The first kappa shape index (κ1) is 8.37. The maximum absolute atomic E-state index is 11.5. The molecule has 0 atom stereocenters. The van der Waals surface area contributed by atoms with Crippen LogP contribution in [0.4, 0.5) is 0 Å². The van der Waals surface area contributed by atoms with Gasteiger partial charge in [-0.15, -0.1) is 5.10 Å². The standard InChI is InChI=1S/C8H6BrN3O/c1-12-8(13)5-3-2-4-6(9)7(5)10-11-12/h2-4H,1H3. The molecule has 1 aromatic carbocycles. The van der Waals surface area contributed by atoms with Crippen molar-refractivity contribution in [1.82, 2.24) is 15.0 Å². The molecule has 4 nitrogen and oxygen atoms in total. The second-order valence-corrected chi connectivity index (χ2v) is 3.51. The molecule has 2 rings (SSSR count).